The number of unbranched alkanes of at least 4 members (excludes halogenated alkanes) is 2. The lowest BCUT2D eigenvalue weighted by atomic mass is 10.1. The van der Waals surface area contributed by atoms with Crippen LogP contribution in [0.3, 0.4) is 0 Å². The van der Waals surface area contributed by atoms with E-state index in [0.717, 1.165) is 35.9 Å². The van der Waals surface area contributed by atoms with E-state index in [1.807, 2.05) is 13.0 Å². The Bertz CT molecular complexity index is 391. The largest absolute Gasteiger partial charge is 0.493 e. The van der Waals surface area contributed by atoms with Crippen molar-refractivity contribution in [2.45, 2.75) is 39.0 Å². The molecule has 1 aromatic carbocycles. The van der Waals surface area contributed by atoms with Gasteiger partial charge in [0.05, 0.1) is 11.1 Å². The third kappa shape index (κ3) is 5.54. The zero-order chi connectivity index (χ0) is 13.4. The zero-order valence-electron chi connectivity index (χ0n) is 10.6. The molecule has 0 saturated carbocycles. The molecule has 1 rings (SSSR count). The molecule has 0 amide bonds. The average molecular weight is 315 g/mol. The van der Waals surface area contributed by atoms with E-state index in [2.05, 4.69) is 28.1 Å². The Kier molecular flexibility index (Phi) is 6.80. The highest BCUT2D eigenvalue weighted by molar-refractivity contribution is 9.10. The summed E-state index contributed by atoms with van der Waals surface area (Å²) in [5.74, 6) is 0.158. The minimum absolute atomic E-state index is 0.271. The van der Waals surface area contributed by atoms with E-state index < -0.39 is 5.97 Å². The molecule has 0 spiro atoms. The maximum Gasteiger partial charge on any atom is 0.303 e. The van der Waals surface area contributed by atoms with Gasteiger partial charge in [0.1, 0.15) is 5.75 Å². The third-order valence-electron chi connectivity index (χ3n) is 2.65. The summed E-state index contributed by atoms with van der Waals surface area (Å²) in [4.78, 5) is 10.4. The van der Waals surface area contributed by atoms with Crippen LogP contribution >= 0.6 is 15.9 Å². The molecule has 0 saturated heterocycles. The van der Waals surface area contributed by atoms with E-state index in [1.165, 1.54) is 5.56 Å². The smallest absolute Gasteiger partial charge is 0.303 e. The molecule has 3 nitrogen and oxygen atoms in total. The second kappa shape index (κ2) is 8.14. The molecule has 0 aromatic heterocycles. The number of hydrogen-bond acceptors (Lipinski definition) is 2. The van der Waals surface area contributed by atoms with Crippen LogP contribution in [0, 0.1) is 0 Å². The lowest BCUT2D eigenvalue weighted by Gasteiger charge is -2.08. The molecule has 0 aliphatic rings. The van der Waals surface area contributed by atoms with E-state index in [-0.39, 0.29) is 6.42 Å². The molecule has 0 aliphatic heterocycles. The second-order valence-electron chi connectivity index (χ2n) is 4.15. The van der Waals surface area contributed by atoms with Crippen LogP contribution in [0.25, 0.3) is 0 Å². The summed E-state index contributed by atoms with van der Waals surface area (Å²) in [6.45, 7) is 2.62. The minimum atomic E-state index is -0.709. The van der Waals surface area contributed by atoms with Gasteiger partial charge >= 0.3 is 5.97 Å². The summed E-state index contributed by atoms with van der Waals surface area (Å²) in [7, 11) is 0. The van der Waals surface area contributed by atoms with Gasteiger partial charge in [0, 0.05) is 6.42 Å². The van der Waals surface area contributed by atoms with E-state index >= 15 is 0 Å². The quantitative estimate of drug-likeness (QED) is 0.737. The van der Waals surface area contributed by atoms with Crippen molar-refractivity contribution >= 4 is 21.9 Å². The zero-order valence-corrected chi connectivity index (χ0v) is 12.2. The Morgan fingerprint density at radius 2 is 2.11 bits per heavy atom. The van der Waals surface area contributed by atoms with Crippen LogP contribution in [-0.4, -0.2) is 17.7 Å². The van der Waals surface area contributed by atoms with E-state index in [9.17, 15) is 4.79 Å². The summed E-state index contributed by atoms with van der Waals surface area (Å²) in [6, 6.07) is 6.11. The average Bonchev–Trinajstić information content (AvgIpc) is 2.32. The number of carboxylic acids is 1. The van der Waals surface area contributed by atoms with Gasteiger partial charge in [-0.25, -0.2) is 0 Å². The van der Waals surface area contributed by atoms with Crippen molar-refractivity contribution < 1.29 is 14.6 Å². The minimum Gasteiger partial charge on any atom is -0.493 e. The molecule has 0 radical (unpaired) electrons. The van der Waals surface area contributed by atoms with Gasteiger partial charge in [-0.15, -0.1) is 0 Å². The molecule has 0 unspecified atom stereocenters. The molecule has 1 aromatic rings. The van der Waals surface area contributed by atoms with Crippen LogP contribution < -0.4 is 4.74 Å². The van der Waals surface area contributed by atoms with Crippen LogP contribution in [-0.2, 0) is 11.2 Å². The van der Waals surface area contributed by atoms with Gasteiger partial charge in [-0.3, -0.25) is 4.79 Å². The standard InChI is InChI=1S/C14H19BrO3/c1-2-18-13-9-8-11(10-12(13)15)6-4-3-5-7-14(16)17/h8-10H,2-7H2,1H3,(H,16,17). The molecule has 100 valence electrons. The summed E-state index contributed by atoms with van der Waals surface area (Å²) in [5.41, 5.74) is 1.25. The summed E-state index contributed by atoms with van der Waals surface area (Å²) in [6.07, 6.45) is 3.98. The first-order valence-corrected chi connectivity index (χ1v) is 7.05. The molecular formula is C14H19BrO3. The monoisotopic (exact) mass is 314 g/mol. The van der Waals surface area contributed by atoms with Gasteiger partial charge in [-0.05, 0) is 59.8 Å². The molecule has 0 atom stereocenters. The topological polar surface area (TPSA) is 46.5 Å². The lowest BCUT2D eigenvalue weighted by Crippen LogP contribution is -1.95. The first kappa shape index (κ1) is 15.0. The van der Waals surface area contributed by atoms with Gasteiger partial charge in [0.25, 0.3) is 0 Å². The van der Waals surface area contributed by atoms with E-state index in [1.54, 1.807) is 0 Å². The number of benzene rings is 1. The highest BCUT2D eigenvalue weighted by atomic mass is 79.9. The molecule has 0 aliphatic carbocycles. The van der Waals surface area contributed by atoms with Crippen LogP contribution in [0.4, 0.5) is 0 Å². The van der Waals surface area contributed by atoms with Crippen molar-refractivity contribution in [1.82, 2.24) is 0 Å². The first-order valence-electron chi connectivity index (χ1n) is 6.26. The van der Waals surface area contributed by atoms with E-state index in [0.29, 0.717) is 6.61 Å². The molecule has 4 heteroatoms. The summed E-state index contributed by atoms with van der Waals surface area (Å²) < 4.78 is 6.43. The van der Waals surface area contributed by atoms with Crippen LogP contribution in [0.15, 0.2) is 22.7 Å². The van der Waals surface area contributed by atoms with Crippen LogP contribution in [0.5, 0.6) is 5.75 Å². The van der Waals surface area contributed by atoms with E-state index in [4.69, 9.17) is 9.84 Å². The number of aryl methyl sites for hydroxylation is 1. The number of carbonyl (C=O) groups is 1. The predicted octanol–water partition coefficient (Wildman–Crippen LogP) is 4.04. The molecule has 0 heterocycles. The van der Waals surface area contributed by atoms with Gasteiger partial charge in [0.15, 0.2) is 0 Å². The Morgan fingerprint density at radius 1 is 1.33 bits per heavy atom. The normalized spacial score (nSPS) is 10.3. The van der Waals surface area contributed by atoms with Crippen molar-refractivity contribution in [3.8, 4) is 5.75 Å². The molecule has 1 N–H and O–H groups in total. The SMILES string of the molecule is CCOc1ccc(CCCCCC(=O)O)cc1Br. The van der Waals surface area contributed by atoms with Gasteiger partial charge < -0.3 is 9.84 Å². The van der Waals surface area contributed by atoms with Crippen molar-refractivity contribution in [1.29, 1.82) is 0 Å². The summed E-state index contributed by atoms with van der Waals surface area (Å²) >= 11 is 3.49. The van der Waals surface area contributed by atoms with Gasteiger partial charge in [0.2, 0.25) is 0 Å². The van der Waals surface area contributed by atoms with Crippen molar-refractivity contribution in [3.05, 3.63) is 28.2 Å². The highest BCUT2D eigenvalue weighted by Gasteiger charge is 2.02. The number of aliphatic carboxylic acids is 1. The molecule has 0 fully saturated rings. The van der Waals surface area contributed by atoms with Crippen LogP contribution in [0.2, 0.25) is 0 Å². The number of halogens is 1. The predicted molar refractivity (Wildman–Crippen MR) is 75.1 cm³/mol. The number of ether oxygens (including phenoxy) is 1. The maximum atomic E-state index is 10.4. The third-order valence-corrected chi connectivity index (χ3v) is 3.27. The Labute approximate surface area is 116 Å². The molecule has 0 bridgehead atoms. The van der Waals surface area contributed by atoms with Crippen LogP contribution in [0.1, 0.15) is 38.2 Å². The second-order valence-corrected chi connectivity index (χ2v) is 5.01. The Hall–Kier alpha value is -1.03. The Morgan fingerprint density at radius 3 is 2.72 bits per heavy atom. The molecule has 18 heavy (non-hydrogen) atoms. The number of rotatable bonds is 8. The van der Waals surface area contributed by atoms with Crippen molar-refractivity contribution in [3.63, 3.8) is 0 Å². The number of carboxylic acid groups (broad SMARTS) is 1. The lowest BCUT2D eigenvalue weighted by molar-refractivity contribution is -0.137. The first-order chi connectivity index (χ1) is 8.63. The number of hydrogen-bond donors (Lipinski definition) is 1. The van der Waals surface area contributed by atoms with Crippen molar-refractivity contribution in [2.24, 2.45) is 0 Å². The fourth-order valence-corrected chi connectivity index (χ4v) is 2.30. The van der Waals surface area contributed by atoms with Crippen molar-refractivity contribution in [2.75, 3.05) is 6.61 Å². The summed E-state index contributed by atoms with van der Waals surface area (Å²) in [5, 5.41) is 8.53. The highest BCUT2D eigenvalue weighted by Crippen LogP contribution is 2.26. The Balaban J connectivity index is 2.34. The fourth-order valence-electron chi connectivity index (χ4n) is 1.75. The van der Waals surface area contributed by atoms with Gasteiger partial charge in [-0.2, -0.15) is 0 Å². The fraction of sp³-hybridized carbons (Fsp3) is 0.500. The maximum absolute atomic E-state index is 10.4. The molecular weight excluding hydrogens is 296 g/mol. The van der Waals surface area contributed by atoms with Gasteiger partial charge in [-0.1, -0.05) is 12.5 Å².